The van der Waals surface area contributed by atoms with Crippen molar-refractivity contribution in [1.29, 1.82) is 0 Å². The minimum atomic E-state index is -4.53. The van der Waals surface area contributed by atoms with Crippen LogP contribution in [0.2, 0.25) is 0 Å². The number of carboxylic acid groups (broad SMARTS) is 1. The van der Waals surface area contributed by atoms with Crippen molar-refractivity contribution in [2.24, 2.45) is 0 Å². The molecule has 2 N–H and O–H groups in total. The van der Waals surface area contributed by atoms with Crippen molar-refractivity contribution in [1.82, 2.24) is 0 Å². The van der Waals surface area contributed by atoms with Gasteiger partial charge in [0.25, 0.3) is 5.91 Å². The standard InChI is InChI=1S/C20H14F3NO4/c21-20(22,23)13-5-3-6-14(10-13)24-17(25)11-28-18-15-7-2-1-4-12(15)8-9-16(18)19(26)27/h1-10H,11H2,(H,24,25)(H,26,27). The van der Waals surface area contributed by atoms with Crippen LogP contribution < -0.4 is 10.1 Å². The molecule has 0 aromatic heterocycles. The van der Waals surface area contributed by atoms with Crippen LogP contribution in [0.4, 0.5) is 18.9 Å². The molecule has 3 aromatic carbocycles. The molecule has 0 unspecified atom stereocenters. The second kappa shape index (κ2) is 7.59. The third-order valence-electron chi connectivity index (χ3n) is 3.93. The van der Waals surface area contributed by atoms with Crippen molar-refractivity contribution in [2.75, 3.05) is 11.9 Å². The average molecular weight is 389 g/mol. The quantitative estimate of drug-likeness (QED) is 0.670. The molecule has 5 nitrogen and oxygen atoms in total. The van der Waals surface area contributed by atoms with Crippen LogP contribution in [-0.2, 0) is 11.0 Å². The number of carbonyl (C=O) groups excluding carboxylic acids is 1. The first-order valence-corrected chi connectivity index (χ1v) is 8.10. The van der Waals surface area contributed by atoms with Gasteiger partial charge in [0, 0.05) is 11.1 Å². The van der Waals surface area contributed by atoms with Gasteiger partial charge in [-0.15, -0.1) is 0 Å². The SMILES string of the molecule is O=C(COc1c(C(=O)O)ccc2ccccc12)Nc1cccc(C(F)(F)F)c1. The van der Waals surface area contributed by atoms with Crippen LogP contribution in [0.25, 0.3) is 10.8 Å². The van der Waals surface area contributed by atoms with E-state index in [0.717, 1.165) is 17.5 Å². The summed E-state index contributed by atoms with van der Waals surface area (Å²) in [5, 5.41) is 12.9. The van der Waals surface area contributed by atoms with Crippen molar-refractivity contribution >= 4 is 28.3 Å². The van der Waals surface area contributed by atoms with Crippen LogP contribution >= 0.6 is 0 Å². The number of fused-ring (bicyclic) bond motifs is 1. The molecule has 28 heavy (non-hydrogen) atoms. The Hall–Kier alpha value is -3.55. The highest BCUT2D eigenvalue weighted by Crippen LogP contribution is 2.31. The molecule has 0 saturated carbocycles. The Balaban J connectivity index is 1.78. The van der Waals surface area contributed by atoms with E-state index in [1.165, 1.54) is 18.2 Å². The van der Waals surface area contributed by atoms with Gasteiger partial charge >= 0.3 is 12.1 Å². The van der Waals surface area contributed by atoms with Crippen LogP contribution in [0.5, 0.6) is 5.75 Å². The number of carboxylic acids is 1. The number of alkyl halides is 3. The molecule has 3 aromatic rings. The number of nitrogens with one attached hydrogen (secondary N) is 1. The summed E-state index contributed by atoms with van der Waals surface area (Å²) in [5.74, 6) is -1.92. The van der Waals surface area contributed by atoms with Crippen LogP contribution in [0, 0.1) is 0 Å². The maximum Gasteiger partial charge on any atom is 0.416 e. The van der Waals surface area contributed by atoms with E-state index >= 15 is 0 Å². The molecule has 3 rings (SSSR count). The van der Waals surface area contributed by atoms with E-state index < -0.39 is 30.2 Å². The predicted octanol–water partition coefficient (Wildman–Crippen LogP) is 4.57. The van der Waals surface area contributed by atoms with Crippen molar-refractivity contribution in [3.05, 3.63) is 71.8 Å². The summed E-state index contributed by atoms with van der Waals surface area (Å²) in [4.78, 5) is 23.5. The maximum absolute atomic E-state index is 12.8. The molecular weight excluding hydrogens is 375 g/mol. The van der Waals surface area contributed by atoms with Gasteiger partial charge in [0.1, 0.15) is 11.3 Å². The minimum Gasteiger partial charge on any atom is -0.482 e. The van der Waals surface area contributed by atoms with Crippen molar-refractivity contribution < 1.29 is 32.6 Å². The van der Waals surface area contributed by atoms with Crippen LogP contribution in [0.1, 0.15) is 15.9 Å². The fourth-order valence-electron chi connectivity index (χ4n) is 2.67. The maximum atomic E-state index is 12.8. The van der Waals surface area contributed by atoms with E-state index in [0.29, 0.717) is 5.39 Å². The molecular formula is C20H14F3NO4. The lowest BCUT2D eigenvalue weighted by molar-refractivity contribution is -0.137. The summed E-state index contributed by atoms with van der Waals surface area (Å²) in [7, 11) is 0. The summed E-state index contributed by atoms with van der Waals surface area (Å²) < 4.78 is 43.7. The number of hydrogen-bond donors (Lipinski definition) is 2. The Morgan fingerprint density at radius 2 is 1.75 bits per heavy atom. The number of aromatic carboxylic acids is 1. The van der Waals surface area contributed by atoms with Gasteiger partial charge in [0.05, 0.1) is 5.56 Å². The summed E-state index contributed by atoms with van der Waals surface area (Å²) in [6, 6.07) is 14.0. The molecule has 0 fully saturated rings. The van der Waals surface area contributed by atoms with E-state index in [1.54, 1.807) is 30.3 Å². The Morgan fingerprint density at radius 1 is 1.00 bits per heavy atom. The van der Waals surface area contributed by atoms with Gasteiger partial charge < -0.3 is 15.2 Å². The first kappa shape index (κ1) is 19.2. The summed E-state index contributed by atoms with van der Waals surface area (Å²) in [5.41, 5.74) is -1.06. The van der Waals surface area contributed by atoms with Gasteiger partial charge in [0.15, 0.2) is 6.61 Å². The van der Waals surface area contributed by atoms with Gasteiger partial charge in [-0.2, -0.15) is 13.2 Å². The van der Waals surface area contributed by atoms with Gasteiger partial charge in [-0.05, 0) is 29.7 Å². The topological polar surface area (TPSA) is 75.6 Å². The molecule has 1 amide bonds. The van der Waals surface area contributed by atoms with E-state index in [2.05, 4.69) is 5.32 Å². The highest BCUT2D eigenvalue weighted by molar-refractivity contribution is 6.01. The lowest BCUT2D eigenvalue weighted by Crippen LogP contribution is -2.21. The second-order valence-electron chi connectivity index (χ2n) is 5.88. The minimum absolute atomic E-state index is 0.0183. The first-order chi connectivity index (χ1) is 13.3. The normalized spacial score (nSPS) is 11.2. The zero-order valence-corrected chi connectivity index (χ0v) is 14.3. The summed E-state index contributed by atoms with van der Waals surface area (Å²) in [6.45, 7) is -0.565. The van der Waals surface area contributed by atoms with E-state index in [-0.39, 0.29) is 17.0 Å². The molecule has 0 aliphatic rings. The third kappa shape index (κ3) is 4.22. The summed E-state index contributed by atoms with van der Waals surface area (Å²) >= 11 is 0. The van der Waals surface area contributed by atoms with E-state index in [4.69, 9.17) is 4.74 Å². The van der Waals surface area contributed by atoms with E-state index in [9.17, 15) is 27.9 Å². The highest BCUT2D eigenvalue weighted by atomic mass is 19.4. The number of ether oxygens (including phenoxy) is 1. The summed E-state index contributed by atoms with van der Waals surface area (Å²) in [6.07, 6.45) is -4.53. The molecule has 144 valence electrons. The molecule has 0 spiro atoms. The fourth-order valence-corrected chi connectivity index (χ4v) is 2.67. The average Bonchev–Trinajstić information content (AvgIpc) is 2.65. The first-order valence-electron chi connectivity index (χ1n) is 8.10. The molecule has 0 radical (unpaired) electrons. The number of hydrogen-bond acceptors (Lipinski definition) is 3. The molecule has 0 bridgehead atoms. The molecule has 0 aliphatic heterocycles. The predicted molar refractivity (Wildman–Crippen MR) is 96.5 cm³/mol. The van der Waals surface area contributed by atoms with Gasteiger partial charge in [-0.1, -0.05) is 36.4 Å². The third-order valence-corrected chi connectivity index (χ3v) is 3.93. The molecule has 0 atom stereocenters. The van der Waals surface area contributed by atoms with E-state index in [1.807, 2.05) is 0 Å². The molecule has 0 heterocycles. The number of rotatable bonds is 5. The molecule has 8 heteroatoms. The number of benzene rings is 3. The molecule has 0 saturated heterocycles. The van der Waals surface area contributed by atoms with Gasteiger partial charge in [-0.3, -0.25) is 4.79 Å². The van der Waals surface area contributed by atoms with Crippen LogP contribution in [0.15, 0.2) is 60.7 Å². The monoisotopic (exact) mass is 389 g/mol. The highest BCUT2D eigenvalue weighted by Gasteiger charge is 2.30. The number of halogens is 3. The number of carbonyl (C=O) groups is 2. The number of amides is 1. The second-order valence-corrected chi connectivity index (χ2v) is 5.88. The van der Waals surface area contributed by atoms with Crippen molar-refractivity contribution in [2.45, 2.75) is 6.18 Å². The zero-order chi connectivity index (χ0) is 20.3. The lowest BCUT2D eigenvalue weighted by atomic mass is 10.1. The van der Waals surface area contributed by atoms with Crippen LogP contribution in [-0.4, -0.2) is 23.6 Å². The zero-order valence-electron chi connectivity index (χ0n) is 14.3. The largest absolute Gasteiger partial charge is 0.482 e. The Morgan fingerprint density at radius 3 is 2.46 bits per heavy atom. The smallest absolute Gasteiger partial charge is 0.416 e. The van der Waals surface area contributed by atoms with Crippen molar-refractivity contribution in [3.8, 4) is 5.75 Å². The van der Waals surface area contributed by atoms with Gasteiger partial charge in [0.2, 0.25) is 0 Å². The lowest BCUT2D eigenvalue weighted by Gasteiger charge is -2.13. The Kier molecular flexibility index (Phi) is 5.21. The van der Waals surface area contributed by atoms with Crippen molar-refractivity contribution in [3.63, 3.8) is 0 Å². The number of anilines is 1. The van der Waals surface area contributed by atoms with Crippen LogP contribution in [0.3, 0.4) is 0 Å². The Labute approximate surface area is 157 Å². The van der Waals surface area contributed by atoms with Gasteiger partial charge in [-0.25, -0.2) is 4.79 Å². The molecule has 0 aliphatic carbocycles. The Bertz CT molecular complexity index is 1050. The fraction of sp³-hybridized carbons (Fsp3) is 0.100.